The molecule has 0 bridgehead atoms. The minimum absolute atomic E-state index is 0.484. The van der Waals surface area contributed by atoms with Crippen molar-refractivity contribution in [2.75, 3.05) is 5.88 Å². The Hall–Kier alpha value is -0.200. The van der Waals surface area contributed by atoms with Crippen molar-refractivity contribution in [1.29, 1.82) is 0 Å². The maximum atomic E-state index is 6.12. The summed E-state index contributed by atoms with van der Waals surface area (Å²) in [7, 11) is 0. The van der Waals surface area contributed by atoms with Gasteiger partial charge in [0, 0.05) is 10.9 Å². The fraction of sp³-hybridized carbons (Fsp3) is 0.455. The van der Waals surface area contributed by atoms with Crippen LogP contribution in [0.25, 0.3) is 0 Å². The molecule has 0 fully saturated rings. The maximum absolute atomic E-state index is 6.12. The topological polar surface area (TPSA) is 0 Å². The second kappa shape index (κ2) is 4.88. The average molecular weight is 217 g/mol. The Bertz CT molecular complexity index is 279. The summed E-state index contributed by atoms with van der Waals surface area (Å²) in [6.45, 7) is 4.28. The molecule has 0 aliphatic heterocycles. The van der Waals surface area contributed by atoms with E-state index in [4.69, 9.17) is 23.2 Å². The van der Waals surface area contributed by atoms with E-state index in [2.05, 4.69) is 26.0 Å². The van der Waals surface area contributed by atoms with Gasteiger partial charge in [-0.3, -0.25) is 0 Å². The number of halogens is 2. The summed E-state index contributed by atoms with van der Waals surface area (Å²) in [4.78, 5) is 0. The zero-order chi connectivity index (χ0) is 9.84. The van der Waals surface area contributed by atoms with Crippen molar-refractivity contribution in [3.63, 3.8) is 0 Å². The van der Waals surface area contributed by atoms with E-state index in [1.807, 2.05) is 6.07 Å². The van der Waals surface area contributed by atoms with Crippen LogP contribution >= 0.6 is 23.2 Å². The largest absolute Gasteiger partial charge is 0.126 e. The molecule has 0 amide bonds. The highest BCUT2D eigenvalue weighted by Crippen LogP contribution is 2.25. The lowest BCUT2D eigenvalue weighted by Crippen LogP contribution is -1.92. The van der Waals surface area contributed by atoms with Crippen molar-refractivity contribution in [3.8, 4) is 0 Å². The first kappa shape index (κ1) is 10.9. The van der Waals surface area contributed by atoms with Crippen LogP contribution in [0.3, 0.4) is 0 Å². The monoisotopic (exact) mass is 216 g/mol. The Kier molecular flexibility index (Phi) is 4.08. The third-order valence-corrected chi connectivity index (χ3v) is 2.59. The smallest absolute Gasteiger partial charge is 0.0443 e. The van der Waals surface area contributed by atoms with Crippen molar-refractivity contribution in [2.24, 2.45) is 0 Å². The number of hydrogen-bond acceptors (Lipinski definition) is 0. The lowest BCUT2D eigenvalue weighted by atomic mass is 10.0. The molecule has 1 aromatic carbocycles. The number of rotatable bonds is 3. The molecular weight excluding hydrogens is 203 g/mol. The molecule has 0 nitrogen and oxygen atoms in total. The first-order valence-electron chi connectivity index (χ1n) is 4.49. The molecule has 1 aromatic rings. The average Bonchev–Trinajstić information content (AvgIpc) is 2.04. The standard InChI is InChI=1S/C11H14Cl2/c1-8(2)10-4-3-9(5-6-12)7-11(10)13/h3-4,7-8H,5-6H2,1-2H3. The molecule has 0 saturated heterocycles. The van der Waals surface area contributed by atoms with E-state index in [0.29, 0.717) is 11.8 Å². The fourth-order valence-electron chi connectivity index (χ4n) is 1.30. The minimum Gasteiger partial charge on any atom is -0.126 e. The SMILES string of the molecule is CC(C)c1ccc(CCCl)cc1Cl. The Morgan fingerprint density at radius 1 is 1.31 bits per heavy atom. The van der Waals surface area contributed by atoms with Gasteiger partial charge in [0.25, 0.3) is 0 Å². The van der Waals surface area contributed by atoms with Crippen LogP contribution in [0.4, 0.5) is 0 Å². The first-order chi connectivity index (χ1) is 6.15. The van der Waals surface area contributed by atoms with Crippen LogP contribution in [0, 0.1) is 0 Å². The van der Waals surface area contributed by atoms with Crippen LogP contribution < -0.4 is 0 Å². The molecule has 72 valence electrons. The van der Waals surface area contributed by atoms with Gasteiger partial charge in [0.05, 0.1) is 0 Å². The molecule has 1 rings (SSSR count). The highest BCUT2D eigenvalue weighted by Gasteiger charge is 2.04. The highest BCUT2D eigenvalue weighted by atomic mass is 35.5. The van der Waals surface area contributed by atoms with Gasteiger partial charge < -0.3 is 0 Å². The summed E-state index contributed by atoms with van der Waals surface area (Å²) in [6.07, 6.45) is 0.889. The molecule has 0 atom stereocenters. The molecule has 0 aliphatic rings. The number of benzene rings is 1. The summed E-state index contributed by atoms with van der Waals surface area (Å²) in [5, 5.41) is 0.859. The second-order valence-corrected chi connectivity index (χ2v) is 4.23. The van der Waals surface area contributed by atoms with Gasteiger partial charge in [0.2, 0.25) is 0 Å². The van der Waals surface area contributed by atoms with E-state index in [9.17, 15) is 0 Å². The van der Waals surface area contributed by atoms with Gasteiger partial charge in [0.15, 0.2) is 0 Å². The summed E-state index contributed by atoms with van der Waals surface area (Å²) in [6, 6.07) is 6.21. The highest BCUT2D eigenvalue weighted by molar-refractivity contribution is 6.31. The Morgan fingerprint density at radius 2 is 2.00 bits per heavy atom. The van der Waals surface area contributed by atoms with Crippen molar-refractivity contribution < 1.29 is 0 Å². The zero-order valence-electron chi connectivity index (χ0n) is 7.98. The molecule has 0 radical (unpaired) electrons. The van der Waals surface area contributed by atoms with Crippen LogP contribution in [0.15, 0.2) is 18.2 Å². The van der Waals surface area contributed by atoms with Crippen molar-refractivity contribution >= 4 is 23.2 Å². The summed E-state index contributed by atoms with van der Waals surface area (Å²) < 4.78 is 0. The predicted molar refractivity (Wildman–Crippen MR) is 60.0 cm³/mol. The van der Waals surface area contributed by atoms with E-state index in [1.54, 1.807) is 0 Å². The van der Waals surface area contributed by atoms with Crippen molar-refractivity contribution in [3.05, 3.63) is 34.3 Å². The van der Waals surface area contributed by atoms with Gasteiger partial charge in [-0.2, -0.15) is 0 Å². The lowest BCUT2D eigenvalue weighted by Gasteiger charge is -2.09. The van der Waals surface area contributed by atoms with Gasteiger partial charge in [-0.25, -0.2) is 0 Å². The molecule has 0 aromatic heterocycles. The van der Waals surface area contributed by atoms with Crippen molar-refractivity contribution in [1.82, 2.24) is 0 Å². The Balaban J connectivity index is 2.92. The molecule has 0 heterocycles. The van der Waals surface area contributed by atoms with Gasteiger partial charge in [-0.15, -0.1) is 11.6 Å². The van der Waals surface area contributed by atoms with Crippen LogP contribution in [0.5, 0.6) is 0 Å². The van der Waals surface area contributed by atoms with Crippen LogP contribution in [-0.4, -0.2) is 5.88 Å². The van der Waals surface area contributed by atoms with E-state index in [1.165, 1.54) is 11.1 Å². The molecule has 0 aliphatic carbocycles. The molecule has 0 N–H and O–H groups in total. The summed E-state index contributed by atoms with van der Waals surface area (Å²) in [5.74, 6) is 1.13. The van der Waals surface area contributed by atoms with Crippen LogP contribution in [0.2, 0.25) is 5.02 Å². The van der Waals surface area contributed by atoms with E-state index < -0.39 is 0 Å². The maximum Gasteiger partial charge on any atom is 0.0443 e. The normalized spacial score (nSPS) is 10.8. The lowest BCUT2D eigenvalue weighted by molar-refractivity contribution is 0.865. The number of alkyl halides is 1. The molecule has 0 saturated carbocycles. The van der Waals surface area contributed by atoms with Gasteiger partial charge in [-0.1, -0.05) is 37.6 Å². The molecule has 2 heteroatoms. The summed E-state index contributed by atoms with van der Waals surface area (Å²) >= 11 is 11.8. The molecule has 13 heavy (non-hydrogen) atoms. The van der Waals surface area contributed by atoms with E-state index >= 15 is 0 Å². The van der Waals surface area contributed by atoms with Gasteiger partial charge in [0.1, 0.15) is 0 Å². The van der Waals surface area contributed by atoms with Crippen LogP contribution in [0.1, 0.15) is 30.9 Å². The Labute approximate surface area is 89.9 Å². The van der Waals surface area contributed by atoms with Gasteiger partial charge in [-0.05, 0) is 29.5 Å². The van der Waals surface area contributed by atoms with E-state index in [-0.39, 0.29) is 0 Å². The first-order valence-corrected chi connectivity index (χ1v) is 5.40. The Morgan fingerprint density at radius 3 is 2.46 bits per heavy atom. The third kappa shape index (κ3) is 2.89. The molecule has 0 spiro atoms. The van der Waals surface area contributed by atoms with E-state index in [0.717, 1.165) is 11.4 Å². The minimum atomic E-state index is 0.484. The summed E-state index contributed by atoms with van der Waals surface area (Å²) in [5.41, 5.74) is 2.42. The number of hydrogen-bond donors (Lipinski definition) is 0. The second-order valence-electron chi connectivity index (χ2n) is 3.45. The van der Waals surface area contributed by atoms with Crippen molar-refractivity contribution in [2.45, 2.75) is 26.2 Å². The number of aryl methyl sites for hydroxylation is 1. The van der Waals surface area contributed by atoms with Gasteiger partial charge >= 0.3 is 0 Å². The van der Waals surface area contributed by atoms with Crippen LogP contribution in [-0.2, 0) is 6.42 Å². The quantitative estimate of drug-likeness (QED) is 0.664. The fourth-order valence-corrected chi connectivity index (χ4v) is 1.94. The predicted octanol–water partition coefficient (Wildman–Crippen LogP) is 4.24. The third-order valence-electron chi connectivity index (χ3n) is 2.07. The zero-order valence-corrected chi connectivity index (χ0v) is 9.49. The molecular formula is C11H14Cl2. The molecule has 0 unspecified atom stereocenters.